The second-order valence-electron chi connectivity index (χ2n) is 13.8. The monoisotopic (exact) mass is 721 g/mol. The Labute approximate surface area is 321 Å². The highest BCUT2D eigenvalue weighted by Gasteiger charge is 2.21. The molecule has 8 aromatic carbocycles. The van der Waals surface area contributed by atoms with Crippen LogP contribution in [0.5, 0.6) is 0 Å². The molecule has 5 heteroatoms. The zero-order chi connectivity index (χ0) is 36.3. The molecule has 0 aliphatic heterocycles. The average molecular weight is 722 g/mol. The van der Waals surface area contributed by atoms with Crippen LogP contribution in [-0.4, -0.2) is 9.97 Å². The lowest BCUT2D eigenvalue weighted by Crippen LogP contribution is -2.09. The normalized spacial score (nSPS) is 11.6. The minimum atomic E-state index is 0.684. The first-order valence-corrected chi connectivity index (χ1v) is 19.2. The Bertz CT molecular complexity index is 3200. The fourth-order valence-corrected chi connectivity index (χ4v) is 8.99. The van der Waals surface area contributed by atoms with Crippen molar-refractivity contribution >= 4 is 81.4 Å². The number of nitrogens with zero attached hydrogens (tertiary/aromatic N) is 3. The van der Waals surface area contributed by atoms with Crippen LogP contribution in [0.15, 0.2) is 192 Å². The molecule has 3 heterocycles. The zero-order valence-corrected chi connectivity index (χ0v) is 30.4. The van der Waals surface area contributed by atoms with Crippen LogP contribution >= 0.6 is 11.3 Å². The third kappa shape index (κ3) is 5.36. The smallest absolute Gasteiger partial charge is 0.161 e. The van der Waals surface area contributed by atoms with E-state index in [9.17, 15) is 0 Å². The summed E-state index contributed by atoms with van der Waals surface area (Å²) in [6.07, 6.45) is 0. The second kappa shape index (κ2) is 12.8. The average Bonchev–Trinajstić information content (AvgIpc) is 3.82. The Kier molecular flexibility index (Phi) is 7.32. The van der Waals surface area contributed by atoms with E-state index in [0.717, 1.165) is 71.4 Å². The molecule has 0 bridgehead atoms. The maximum absolute atomic E-state index is 6.70. The van der Waals surface area contributed by atoms with Crippen LogP contribution in [0.2, 0.25) is 0 Å². The Hall–Kier alpha value is -7.08. The molecular weight excluding hydrogens is 691 g/mol. The molecular formula is C50H31N3OS. The van der Waals surface area contributed by atoms with Gasteiger partial charge in [0.05, 0.1) is 15.9 Å². The van der Waals surface area contributed by atoms with Crippen LogP contribution in [-0.2, 0) is 0 Å². The van der Waals surface area contributed by atoms with Crippen LogP contribution in [0.1, 0.15) is 0 Å². The van der Waals surface area contributed by atoms with Gasteiger partial charge in [-0.15, -0.1) is 11.3 Å². The van der Waals surface area contributed by atoms with Crippen LogP contribution in [0, 0.1) is 0 Å². The molecule has 0 aliphatic rings. The Morgan fingerprint density at radius 2 is 1.13 bits per heavy atom. The van der Waals surface area contributed by atoms with Gasteiger partial charge >= 0.3 is 0 Å². The molecule has 4 nitrogen and oxygen atoms in total. The Balaban J connectivity index is 1.08. The first kappa shape index (κ1) is 31.4. The molecule has 0 N–H and O–H groups in total. The first-order chi connectivity index (χ1) is 27.2. The lowest BCUT2D eigenvalue weighted by molar-refractivity contribution is 0.669. The summed E-state index contributed by atoms with van der Waals surface area (Å²) < 4.78 is 9.00. The van der Waals surface area contributed by atoms with Gasteiger partial charge in [-0.25, -0.2) is 9.97 Å². The van der Waals surface area contributed by atoms with Crippen LogP contribution in [0.4, 0.5) is 17.1 Å². The van der Waals surface area contributed by atoms with Crippen molar-refractivity contribution in [2.24, 2.45) is 0 Å². The fourth-order valence-electron chi connectivity index (χ4n) is 7.84. The predicted octanol–water partition coefficient (Wildman–Crippen LogP) is 14.4. The van der Waals surface area contributed by atoms with Crippen molar-refractivity contribution in [1.82, 2.24) is 9.97 Å². The standard InChI is InChI=1S/C50H31N3OS/c1-3-12-32(13-4-1)34-22-25-37(26-23-34)53(38-27-24-33-14-7-8-17-36(33)30-38)39-28-29-40-44(31-39)54-43-20-11-19-42(46(40)43)50-51-47(35-15-5-2-6-16-35)49-48(52-50)41-18-9-10-21-45(41)55-49/h1-31H. The van der Waals surface area contributed by atoms with Gasteiger partial charge in [-0.3, -0.25) is 0 Å². The summed E-state index contributed by atoms with van der Waals surface area (Å²) in [6, 6.07) is 66.1. The number of hydrogen-bond donors (Lipinski definition) is 0. The third-order valence-corrected chi connectivity index (χ3v) is 11.6. The lowest BCUT2D eigenvalue weighted by atomic mass is 10.0. The molecule has 11 rings (SSSR count). The topological polar surface area (TPSA) is 42.2 Å². The van der Waals surface area contributed by atoms with E-state index in [1.54, 1.807) is 11.3 Å². The number of furan rings is 1. The summed E-state index contributed by atoms with van der Waals surface area (Å²) in [5.74, 6) is 0.684. The van der Waals surface area contributed by atoms with E-state index >= 15 is 0 Å². The van der Waals surface area contributed by atoms with E-state index in [0.29, 0.717) is 5.82 Å². The Morgan fingerprint density at radius 1 is 0.455 bits per heavy atom. The minimum absolute atomic E-state index is 0.684. The van der Waals surface area contributed by atoms with Crippen molar-refractivity contribution in [2.45, 2.75) is 0 Å². The van der Waals surface area contributed by atoms with Crippen molar-refractivity contribution in [3.63, 3.8) is 0 Å². The molecule has 0 amide bonds. The molecule has 55 heavy (non-hydrogen) atoms. The summed E-state index contributed by atoms with van der Waals surface area (Å²) in [5, 5.41) is 5.56. The highest BCUT2D eigenvalue weighted by molar-refractivity contribution is 7.26. The number of hydrogen-bond acceptors (Lipinski definition) is 5. The molecule has 258 valence electrons. The highest BCUT2D eigenvalue weighted by atomic mass is 32.1. The predicted molar refractivity (Wildman–Crippen MR) is 231 cm³/mol. The number of aromatic nitrogens is 2. The van der Waals surface area contributed by atoms with Gasteiger partial charge in [-0.1, -0.05) is 133 Å². The summed E-state index contributed by atoms with van der Waals surface area (Å²) >= 11 is 1.75. The van der Waals surface area contributed by atoms with Crippen molar-refractivity contribution in [3.8, 4) is 33.8 Å². The lowest BCUT2D eigenvalue weighted by Gasteiger charge is -2.26. The summed E-state index contributed by atoms with van der Waals surface area (Å²) in [5.41, 5.74) is 11.0. The molecule has 0 unspecified atom stereocenters. The summed E-state index contributed by atoms with van der Waals surface area (Å²) in [7, 11) is 0. The molecule has 0 saturated carbocycles. The molecule has 0 fully saturated rings. The summed E-state index contributed by atoms with van der Waals surface area (Å²) in [6.45, 7) is 0. The Morgan fingerprint density at radius 3 is 1.96 bits per heavy atom. The number of rotatable bonds is 6. The second-order valence-corrected chi connectivity index (χ2v) is 14.8. The number of thiophene rings is 1. The maximum atomic E-state index is 6.70. The summed E-state index contributed by atoms with van der Waals surface area (Å²) in [4.78, 5) is 12.9. The molecule has 11 aromatic rings. The van der Waals surface area contributed by atoms with Gasteiger partial charge in [-0.05, 0) is 70.4 Å². The van der Waals surface area contributed by atoms with Crippen molar-refractivity contribution in [2.75, 3.05) is 4.90 Å². The largest absolute Gasteiger partial charge is 0.456 e. The third-order valence-electron chi connectivity index (χ3n) is 10.5. The zero-order valence-electron chi connectivity index (χ0n) is 29.6. The molecule has 0 aliphatic carbocycles. The minimum Gasteiger partial charge on any atom is -0.456 e. The van der Waals surface area contributed by atoms with E-state index in [2.05, 4.69) is 175 Å². The van der Waals surface area contributed by atoms with E-state index in [-0.39, 0.29) is 0 Å². The van der Waals surface area contributed by atoms with E-state index in [1.807, 2.05) is 18.2 Å². The molecule has 0 radical (unpaired) electrons. The van der Waals surface area contributed by atoms with Crippen LogP contribution in [0.3, 0.4) is 0 Å². The van der Waals surface area contributed by atoms with Crippen LogP contribution in [0.25, 0.3) is 86.8 Å². The highest BCUT2D eigenvalue weighted by Crippen LogP contribution is 2.44. The van der Waals surface area contributed by atoms with Gasteiger partial charge in [0.2, 0.25) is 0 Å². The molecule has 3 aromatic heterocycles. The van der Waals surface area contributed by atoms with E-state index in [4.69, 9.17) is 14.4 Å². The number of fused-ring (bicyclic) bond motifs is 7. The number of benzene rings is 8. The van der Waals surface area contributed by atoms with Crippen LogP contribution < -0.4 is 4.90 Å². The first-order valence-electron chi connectivity index (χ1n) is 18.4. The van der Waals surface area contributed by atoms with Gasteiger partial charge in [0.1, 0.15) is 11.2 Å². The fraction of sp³-hybridized carbons (Fsp3) is 0. The molecule has 0 saturated heterocycles. The van der Waals surface area contributed by atoms with Crippen molar-refractivity contribution in [3.05, 3.63) is 188 Å². The van der Waals surface area contributed by atoms with E-state index in [1.165, 1.54) is 26.6 Å². The van der Waals surface area contributed by atoms with Gasteiger partial charge in [0.25, 0.3) is 0 Å². The van der Waals surface area contributed by atoms with E-state index < -0.39 is 0 Å². The van der Waals surface area contributed by atoms with Gasteiger partial charge < -0.3 is 9.32 Å². The quantitative estimate of drug-likeness (QED) is 0.171. The molecule has 0 spiro atoms. The number of anilines is 3. The SMILES string of the molecule is c1ccc(-c2ccc(N(c3ccc4ccccc4c3)c3ccc4c(c3)oc3cccc(-c5nc(-c6ccccc6)c6sc7ccccc7c6n5)c34)cc2)cc1. The van der Waals surface area contributed by atoms with Gasteiger partial charge in [0, 0.05) is 55.1 Å². The van der Waals surface area contributed by atoms with Gasteiger partial charge in [0.15, 0.2) is 5.82 Å². The maximum Gasteiger partial charge on any atom is 0.161 e. The van der Waals surface area contributed by atoms with Crippen molar-refractivity contribution < 1.29 is 4.42 Å². The molecule has 0 atom stereocenters. The van der Waals surface area contributed by atoms with Crippen molar-refractivity contribution in [1.29, 1.82) is 0 Å². The van der Waals surface area contributed by atoms with Gasteiger partial charge in [-0.2, -0.15) is 0 Å².